The fraction of sp³-hybridized carbons (Fsp3) is 0.375. The molecule has 2 amide bonds. The first-order chi connectivity index (χ1) is 15.9. The number of nitrogens with one attached hydrogen (secondary N) is 1. The van der Waals surface area contributed by atoms with Gasteiger partial charge in [0.25, 0.3) is 5.91 Å². The molecule has 0 saturated heterocycles. The third-order valence-electron chi connectivity index (χ3n) is 6.01. The van der Waals surface area contributed by atoms with Crippen LogP contribution in [-0.2, 0) is 14.3 Å². The van der Waals surface area contributed by atoms with Crippen molar-refractivity contribution in [2.75, 3.05) is 20.2 Å². The first-order valence-electron chi connectivity index (χ1n) is 10.5. The standard InChI is InChI=1S/C24H25F3N2O5/c1-14(20(30)31)12-29(3)21(32)23(2,24(25,26)27)28-22(33)34-13-19-17-10-6-4-8-15(17)16-9-5-7-11-18(16)19/h4-11,14,19H,12-13H2,1-3H3,(H,28,33)(H,30,31). The number of nitrogens with zero attached hydrogens (tertiary/aromatic N) is 1. The number of ether oxygens (including phenoxy) is 1. The highest BCUT2D eigenvalue weighted by Crippen LogP contribution is 2.44. The van der Waals surface area contributed by atoms with E-state index < -0.39 is 42.1 Å². The van der Waals surface area contributed by atoms with Crippen molar-refractivity contribution < 1.29 is 37.4 Å². The topological polar surface area (TPSA) is 95.9 Å². The Morgan fingerprint density at radius 1 is 1.06 bits per heavy atom. The lowest BCUT2D eigenvalue weighted by atomic mass is 9.98. The van der Waals surface area contributed by atoms with Crippen LogP contribution in [0, 0.1) is 5.92 Å². The maximum absolute atomic E-state index is 13.9. The van der Waals surface area contributed by atoms with Crippen LogP contribution < -0.4 is 5.32 Å². The average molecular weight is 478 g/mol. The lowest BCUT2D eigenvalue weighted by Crippen LogP contribution is -2.65. The second-order valence-electron chi connectivity index (χ2n) is 8.50. The van der Waals surface area contributed by atoms with Crippen LogP contribution in [0.4, 0.5) is 18.0 Å². The van der Waals surface area contributed by atoms with Gasteiger partial charge in [0.1, 0.15) is 6.61 Å². The zero-order chi connectivity index (χ0) is 25.3. The molecule has 1 aliphatic rings. The fourth-order valence-electron chi connectivity index (χ4n) is 4.04. The highest BCUT2D eigenvalue weighted by atomic mass is 19.4. The number of aliphatic carboxylic acids is 1. The first kappa shape index (κ1) is 25.1. The van der Waals surface area contributed by atoms with E-state index in [-0.39, 0.29) is 12.5 Å². The molecule has 0 spiro atoms. The van der Waals surface area contributed by atoms with Gasteiger partial charge < -0.3 is 14.7 Å². The zero-order valence-electron chi connectivity index (χ0n) is 18.8. The van der Waals surface area contributed by atoms with Crippen LogP contribution >= 0.6 is 0 Å². The number of rotatable bonds is 7. The SMILES string of the molecule is CC(CN(C)C(=O)C(C)(NC(=O)OCC1c2ccccc2-c2ccccc21)C(F)(F)F)C(=O)O. The highest BCUT2D eigenvalue weighted by molar-refractivity contribution is 5.90. The Morgan fingerprint density at radius 3 is 2.03 bits per heavy atom. The number of hydrogen-bond donors (Lipinski definition) is 2. The molecule has 0 bridgehead atoms. The molecule has 2 unspecified atom stereocenters. The van der Waals surface area contributed by atoms with Gasteiger partial charge in [0.2, 0.25) is 5.54 Å². The second kappa shape index (κ2) is 9.36. The van der Waals surface area contributed by atoms with Gasteiger partial charge in [-0.25, -0.2) is 4.79 Å². The number of alkyl carbamates (subject to hydrolysis) is 1. The summed E-state index contributed by atoms with van der Waals surface area (Å²) in [5.41, 5.74) is 0.373. The summed E-state index contributed by atoms with van der Waals surface area (Å²) in [6.45, 7) is 1.09. The van der Waals surface area contributed by atoms with Gasteiger partial charge in [-0.05, 0) is 29.2 Å². The lowest BCUT2D eigenvalue weighted by molar-refractivity contribution is -0.199. The molecule has 0 saturated carbocycles. The first-order valence-corrected chi connectivity index (χ1v) is 10.5. The van der Waals surface area contributed by atoms with Crippen molar-refractivity contribution >= 4 is 18.0 Å². The smallest absolute Gasteiger partial charge is 0.420 e. The Morgan fingerprint density at radius 2 is 1.56 bits per heavy atom. The molecule has 2 aromatic rings. The number of hydrogen-bond acceptors (Lipinski definition) is 4. The third kappa shape index (κ3) is 4.71. The highest BCUT2D eigenvalue weighted by Gasteiger charge is 2.59. The van der Waals surface area contributed by atoms with E-state index >= 15 is 0 Å². The summed E-state index contributed by atoms with van der Waals surface area (Å²) < 4.78 is 46.8. The molecular weight excluding hydrogens is 453 g/mol. The largest absolute Gasteiger partial charge is 0.481 e. The van der Waals surface area contributed by atoms with Crippen LogP contribution in [0.25, 0.3) is 11.1 Å². The van der Waals surface area contributed by atoms with E-state index in [4.69, 9.17) is 9.84 Å². The van der Waals surface area contributed by atoms with Gasteiger partial charge in [-0.3, -0.25) is 14.9 Å². The number of likely N-dealkylation sites (N-methyl/N-ethyl adjacent to an activating group) is 1. The number of alkyl halides is 3. The van der Waals surface area contributed by atoms with E-state index in [1.54, 1.807) is 5.32 Å². The Balaban J connectivity index is 1.75. The monoisotopic (exact) mass is 478 g/mol. The lowest BCUT2D eigenvalue weighted by Gasteiger charge is -2.35. The minimum atomic E-state index is -5.16. The molecule has 34 heavy (non-hydrogen) atoms. The third-order valence-corrected chi connectivity index (χ3v) is 6.01. The number of carbonyl (C=O) groups excluding carboxylic acids is 2. The van der Waals surface area contributed by atoms with E-state index in [1.165, 1.54) is 6.92 Å². The molecular formula is C24H25F3N2O5. The molecule has 10 heteroatoms. The van der Waals surface area contributed by atoms with Gasteiger partial charge in [-0.15, -0.1) is 0 Å². The number of fused-ring (bicyclic) bond motifs is 3. The summed E-state index contributed by atoms with van der Waals surface area (Å²) in [5, 5.41) is 10.6. The number of carboxylic acids is 1. The summed E-state index contributed by atoms with van der Waals surface area (Å²) in [6, 6.07) is 15.0. The number of halogens is 3. The molecule has 2 N–H and O–H groups in total. The fourth-order valence-corrected chi connectivity index (χ4v) is 4.04. The van der Waals surface area contributed by atoms with Crippen LogP contribution in [0.1, 0.15) is 30.9 Å². The van der Waals surface area contributed by atoms with Gasteiger partial charge in [-0.1, -0.05) is 55.5 Å². The summed E-state index contributed by atoms with van der Waals surface area (Å²) in [7, 11) is 1.05. The van der Waals surface area contributed by atoms with E-state index in [2.05, 4.69) is 0 Å². The molecule has 182 valence electrons. The van der Waals surface area contributed by atoms with Gasteiger partial charge in [0.05, 0.1) is 5.92 Å². The molecule has 0 aromatic heterocycles. The number of carboxylic acid groups (broad SMARTS) is 1. The molecule has 0 aliphatic heterocycles. The van der Waals surface area contributed by atoms with Crippen molar-refractivity contribution in [3.63, 3.8) is 0 Å². The molecule has 2 atom stereocenters. The number of benzene rings is 2. The summed E-state index contributed by atoms with van der Waals surface area (Å²) in [4.78, 5) is 36.7. The zero-order valence-corrected chi connectivity index (χ0v) is 18.8. The molecule has 3 rings (SSSR count). The van der Waals surface area contributed by atoms with Gasteiger partial charge in [0.15, 0.2) is 0 Å². The molecule has 0 radical (unpaired) electrons. The normalized spacial score (nSPS) is 15.5. The minimum Gasteiger partial charge on any atom is -0.481 e. The van der Waals surface area contributed by atoms with Crippen molar-refractivity contribution in [2.45, 2.75) is 31.5 Å². The Hall–Kier alpha value is -3.56. The van der Waals surface area contributed by atoms with Crippen LogP contribution in [0.15, 0.2) is 48.5 Å². The molecule has 1 aliphatic carbocycles. The second-order valence-corrected chi connectivity index (χ2v) is 8.50. The summed E-state index contributed by atoms with van der Waals surface area (Å²) in [5.74, 6) is -4.23. The number of amides is 2. The Bertz CT molecular complexity index is 1060. The molecule has 2 aromatic carbocycles. The minimum absolute atomic E-state index is 0.228. The van der Waals surface area contributed by atoms with E-state index in [0.29, 0.717) is 11.8 Å². The van der Waals surface area contributed by atoms with E-state index in [0.717, 1.165) is 29.3 Å². The van der Waals surface area contributed by atoms with Gasteiger partial charge in [-0.2, -0.15) is 13.2 Å². The van der Waals surface area contributed by atoms with E-state index in [9.17, 15) is 27.6 Å². The van der Waals surface area contributed by atoms with Crippen molar-refractivity contribution in [1.82, 2.24) is 10.2 Å². The van der Waals surface area contributed by atoms with Gasteiger partial charge >= 0.3 is 18.2 Å². The average Bonchev–Trinajstić information content (AvgIpc) is 3.10. The predicted molar refractivity (Wildman–Crippen MR) is 117 cm³/mol. The summed E-state index contributed by atoms with van der Waals surface area (Å²) in [6.07, 6.45) is -6.56. The summed E-state index contributed by atoms with van der Waals surface area (Å²) >= 11 is 0. The molecule has 0 fully saturated rings. The van der Waals surface area contributed by atoms with Crippen molar-refractivity contribution in [1.29, 1.82) is 0 Å². The Labute approximate surface area is 194 Å². The van der Waals surface area contributed by atoms with Crippen molar-refractivity contribution in [3.8, 4) is 11.1 Å². The maximum Gasteiger partial charge on any atom is 0.420 e. The maximum atomic E-state index is 13.9. The Kier molecular flexibility index (Phi) is 6.90. The van der Waals surface area contributed by atoms with Crippen LogP contribution in [0.2, 0.25) is 0 Å². The van der Waals surface area contributed by atoms with Crippen LogP contribution in [0.5, 0.6) is 0 Å². The van der Waals surface area contributed by atoms with Crippen molar-refractivity contribution in [3.05, 3.63) is 59.7 Å². The van der Waals surface area contributed by atoms with Crippen LogP contribution in [0.3, 0.4) is 0 Å². The van der Waals surface area contributed by atoms with E-state index in [1.807, 2.05) is 48.5 Å². The van der Waals surface area contributed by atoms with Gasteiger partial charge in [0, 0.05) is 19.5 Å². The predicted octanol–water partition coefficient (Wildman–Crippen LogP) is 4.03. The van der Waals surface area contributed by atoms with Crippen LogP contribution in [-0.4, -0.2) is 59.9 Å². The molecule has 0 heterocycles. The van der Waals surface area contributed by atoms with Crippen molar-refractivity contribution in [2.24, 2.45) is 5.92 Å². The quantitative estimate of drug-likeness (QED) is 0.627. The molecule has 7 nitrogen and oxygen atoms in total. The number of carbonyl (C=O) groups is 3.